The van der Waals surface area contributed by atoms with Crippen molar-refractivity contribution in [3.05, 3.63) is 25.3 Å². The molecule has 5 unspecified atom stereocenters. The van der Waals surface area contributed by atoms with Gasteiger partial charge in [0, 0.05) is 13.1 Å². The zero-order valence-corrected chi connectivity index (χ0v) is 12.8. The lowest BCUT2D eigenvalue weighted by Crippen LogP contribution is -2.44. The van der Waals surface area contributed by atoms with Crippen LogP contribution in [0.2, 0.25) is 0 Å². The minimum Gasteiger partial charge on any atom is -0.379 e. The molecule has 3 fully saturated rings. The number of allylic oxidation sites excluding steroid dienone is 1. The maximum atomic E-state index is 6.26. The number of rotatable bonds is 7. The van der Waals surface area contributed by atoms with Crippen LogP contribution in [0.15, 0.2) is 25.3 Å². The fourth-order valence-corrected chi connectivity index (χ4v) is 4.12. The van der Waals surface area contributed by atoms with Gasteiger partial charge in [-0.05, 0) is 30.6 Å². The third-order valence-corrected chi connectivity index (χ3v) is 5.17. The molecule has 5 atom stereocenters. The third kappa shape index (κ3) is 3.24. The van der Waals surface area contributed by atoms with Crippen molar-refractivity contribution in [1.29, 1.82) is 0 Å². The Labute approximate surface area is 127 Å². The van der Waals surface area contributed by atoms with E-state index in [1.807, 2.05) is 6.08 Å². The largest absolute Gasteiger partial charge is 0.379 e. The van der Waals surface area contributed by atoms with Crippen LogP contribution in [0.5, 0.6) is 0 Å². The first-order chi connectivity index (χ1) is 10.3. The van der Waals surface area contributed by atoms with E-state index in [-0.39, 0.29) is 12.2 Å². The molecule has 0 aromatic rings. The van der Waals surface area contributed by atoms with Gasteiger partial charge in [0.25, 0.3) is 0 Å². The van der Waals surface area contributed by atoms with Crippen LogP contribution in [-0.4, -0.2) is 56.7 Å². The quantitative estimate of drug-likeness (QED) is 0.673. The summed E-state index contributed by atoms with van der Waals surface area (Å²) in [5, 5.41) is 0. The Hall–Kier alpha value is -0.680. The van der Waals surface area contributed by atoms with Crippen molar-refractivity contribution in [3.8, 4) is 0 Å². The monoisotopic (exact) mass is 293 g/mol. The molecule has 4 heteroatoms. The lowest BCUT2D eigenvalue weighted by molar-refractivity contribution is -0.132. The zero-order chi connectivity index (χ0) is 14.7. The highest BCUT2D eigenvalue weighted by molar-refractivity contribution is 5.07. The average Bonchev–Trinajstić information content (AvgIpc) is 3.09. The predicted octanol–water partition coefficient (Wildman–Crippen LogP) is 2.07. The first kappa shape index (κ1) is 15.2. The topological polar surface area (TPSA) is 30.9 Å². The Morgan fingerprint density at radius 2 is 1.90 bits per heavy atom. The minimum atomic E-state index is 0.200. The molecule has 3 rings (SSSR count). The Balaban J connectivity index is 1.57. The van der Waals surface area contributed by atoms with Gasteiger partial charge in [0.2, 0.25) is 0 Å². The third-order valence-electron chi connectivity index (χ3n) is 5.17. The van der Waals surface area contributed by atoms with Crippen LogP contribution in [0.25, 0.3) is 0 Å². The maximum absolute atomic E-state index is 6.26. The summed E-state index contributed by atoms with van der Waals surface area (Å²) in [7, 11) is 0. The van der Waals surface area contributed by atoms with E-state index in [4.69, 9.17) is 14.2 Å². The van der Waals surface area contributed by atoms with Crippen molar-refractivity contribution in [3.63, 3.8) is 0 Å². The maximum Gasteiger partial charge on any atom is 0.0997 e. The van der Waals surface area contributed by atoms with Gasteiger partial charge in [-0.3, -0.25) is 4.90 Å². The summed E-state index contributed by atoms with van der Waals surface area (Å²) in [5.41, 5.74) is 0. The second-order valence-electron chi connectivity index (χ2n) is 6.37. The number of morpholine rings is 1. The van der Waals surface area contributed by atoms with Crippen molar-refractivity contribution in [2.45, 2.75) is 25.0 Å². The molecule has 21 heavy (non-hydrogen) atoms. The summed E-state index contributed by atoms with van der Waals surface area (Å²) < 4.78 is 17.7. The first-order valence-electron chi connectivity index (χ1n) is 8.10. The molecule has 1 aliphatic heterocycles. The molecule has 0 aromatic heterocycles. The Kier molecular flexibility index (Phi) is 5.11. The van der Waals surface area contributed by atoms with E-state index in [2.05, 4.69) is 24.1 Å². The SMILES string of the molecule is C=CCOC1C2CC(CC2C=C)C1OCN1CCOCC1. The summed E-state index contributed by atoms with van der Waals surface area (Å²) in [6.45, 7) is 12.6. The van der Waals surface area contributed by atoms with E-state index in [1.165, 1.54) is 12.8 Å². The first-order valence-corrected chi connectivity index (χ1v) is 8.10. The minimum absolute atomic E-state index is 0.200. The molecule has 0 N–H and O–H groups in total. The molecule has 2 bridgehead atoms. The van der Waals surface area contributed by atoms with Gasteiger partial charge in [0.1, 0.15) is 0 Å². The lowest BCUT2D eigenvalue weighted by atomic mass is 9.85. The number of fused-ring (bicyclic) bond motifs is 2. The molecule has 0 radical (unpaired) electrons. The van der Waals surface area contributed by atoms with Gasteiger partial charge in [-0.1, -0.05) is 12.2 Å². The molecule has 1 heterocycles. The van der Waals surface area contributed by atoms with E-state index in [0.717, 1.165) is 26.3 Å². The average molecular weight is 293 g/mol. The molecular weight excluding hydrogens is 266 g/mol. The normalized spacial score (nSPS) is 39.5. The molecule has 0 aromatic carbocycles. The van der Waals surface area contributed by atoms with Gasteiger partial charge >= 0.3 is 0 Å². The van der Waals surface area contributed by atoms with Crippen LogP contribution < -0.4 is 0 Å². The van der Waals surface area contributed by atoms with Crippen LogP contribution in [0.3, 0.4) is 0 Å². The van der Waals surface area contributed by atoms with E-state index in [1.54, 1.807) is 0 Å². The van der Waals surface area contributed by atoms with Crippen LogP contribution in [0.1, 0.15) is 12.8 Å². The van der Waals surface area contributed by atoms with Gasteiger partial charge in [0.05, 0.1) is 38.8 Å². The van der Waals surface area contributed by atoms with E-state index in [0.29, 0.717) is 31.1 Å². The molecule has 0 spiro atoms. The van der Waals surface area contributed by atoms with Gasteiger partial charge in [-0.15, -0.1) is 13.2 Å². The zero-order valence-electron chi connectivity index (χ0n) is 12.8. The van der Waals surface area contributed by atoms with Crippen molar-refractivity contribution in [2.24, 2.45) is 17.8 Å². The summed E-state index contributed by atoms with van der Waals surface area (Å²) in [4.78, 5) is 2.32. The molecule has 2 aliphatic carbocycles. The smallest absolute Gasteiger partial charge is 0.0997 e. The molecule has 3 aliphatic rings. The van der Waals surface area contributed by atoms with Gasteiger partial charge in [-0.2, -0.15) is 0 Å². The number of nitrogens with zero attached hydrogens (tertiary/aromatic N) is 1. The van der Waals surface area contributed by atoms with Crippen LogP contribution in [0, 0.1) is 17.8 Å². The van der Waals surface area contributed by atoms with Gasteiger partial charge < -0.3 is 14.2 Å². The molecule has 4 nitrogen and oxygen atoms in total. The van der Waals surface area contributed by atoms with Crippen molar-refractivity contribution < 1.29 is 14.2 Å². The van der Waals surface area contributed by atoms with Crippen LogP contribution >= 0.6 is 0 Å². The van der Waals surface area contributed by atoms with Crippen LogP contribution in [0.4, 0.5) is 0 Å². The highest BCUT2D eigenvalue weighted by Gasteiger charge is 2.53. The fourth-order valence-electron chi connectivity index (χ4n) is 4.12. The summed E-state index contributed by atoms with van der Waals surface area (Å²) >= 11 is 0. The number of ether oxygens (including phenoxy) is 3. The fraction of sp³-hybridized carbons (Fsp3) is 0.765. The molecule has 2 saturated carbocycles. The van der Waals surface area contributed by atoms with Crippen molar-refractivity contribution >= 4 is 0 Å². The second-order valence-corrected chi connectivity index (χ2v) is 6.37. The Morgan fingerprint density at radius 3 is 2.62 bits per heavy atom. The molecule has 118 valence electrons. The predicted molar refractivity (Wildman–Crippen MR) is 82.0 cm³/mol. The highest BCUT2D eigenvalue weighted by Crippen LogP contribution is 2.51. The molecular formula is C17H27NO3. The number of hydrogen-bond donors (Lipinski definition) is 0. The van der Waals surface area contributed by atoms with Gasteiger partial charge in [0.15, 0.2) is 0 Å². The lowest BCUT2D eigenvalue weighted by Gasteiger charge is -2.36. The van der Waals surface area contributed by atoms with E-state index < -0.39 is 0 Å². The van der Waals surface area contributed by atoms with E-state index in [9.17, 15) is 0 Å². The standard InChI is InChI=1S/C17H27NO3/c1-3-7-20-17-15-11-14(10-13(15)4-2)16(17)21-12-18-5-8-19-9-6-18/h3-4,13-17H,1-2,5-12H2. The van der Waals surface area contributed by atoms with Gasteiger partial charge in [-0.25, -0.2) is 0 Å². The molecule has 0 amide bonds. The Morgan fingerprint density at radius 1 is 1.10 bits per heavy atom. The second kappa shape index (κ2) is 7.05. The summed E-state index contributed by atoms with van der Waals surface area (Å²) in [5.74, 6) is 1.78. The number of hydrogen-bond acceptors (Lipinski definition) is 4. The Bertz CT molecular complexity index is 367. The summed E-state index contributed by atoms with van der Waals surface area (Å²) in [6.07, 6.45) is 6.78. The van der Waals surface area contributed by atoms with Crippen LogP contribution in [-0.2, 0) is 14.2 Å². The van der Waals surface area contributed by atoms with Crippen molar-refractivity contribution in [1.82, 2.24) is 4.90 Å². The molecule has 1 saturated heterocycles. The highest BCUT2D eigenvalue weighted by atomic mass is 16.5. The van der Waals surface area contributed by atoms with Crippen molar-refractivity contribution in [2.75, 3.05) is 39.6 Å². The van der Waals surface area contributed by atoms with E-state index >= 15 is 0 Å². The summed E-state index contributed by atoms with van der Waals surface area (Å²) in [6, 6.07) is 0.